The fourth-order valence-electron chi connectivity index (χ4n) is 4.83. The summed E-state index contributed by atoms with van der Waals surface area (Å²) in [6.45, 7) is 0.0244. The van der Waals surface area contributed by atoms with Crippen molar-refractivity contribution in [3.05, 3.63) is 112 Å². The topological polar surface area (TPSA) is 76.1 Å². The van der Waals surface area contributed by atoms with Crippen molar-refractivity contribution in [1.82, 2.24) is 4.90 Å². The van der Waals surface area contributed by atoms with Gasteiger partial charge >= 0.3 is 0 Å². The molecule has 1 saturated heterocycles. The lowest BCUT2D eigenvalue weighted by Gasteiger charge is -2.26. The van der Waals surface area contributed by atoms with E-state index < -0.39 is 29.3 Å². The second kappa shape index (κ2) is 10.2. The van der Waals surface area contributed by atoms with Gasteiger partial charge in [-0.2, -0.15) is 0 Å². The lowest BCUT2D eigenvalue weighted by atomic mass is 9.91. The van der Waals surface area contributed by atoms with Crippen LogP contribution in [0.4, 0.5) is 4.39 Å². The first-order valence-corrected chi connectivity index (χ1v) is 12.1. The number of ketones is 1. The fourth-order valence-corrected chi connectivity index (χ4v) is 5.06. The molecular formula is C30H23ClFNO5. The Morgan fingerprint density at radius 1 is 0.947 bits per heavy atom. The van der Waals surface area contributed by atoms with Gasteiger partial charge in [-0.25, -0.2) is 4.39 Å². The normalized spacial score (nSPS) is 16.7. The Labute approximate surface area is 223 Å². The van der Waals surface area contributed by atoms with Crippen LogP contribution in [0.25, 0.3) is 16.5 Å². The van der Waals surface area contributed by atoms with E-state index in [0.717, 1.165) is 10.8 Å². The van der Waals surface area contributed by atoms with Gasteiger partial charge in [-0.15, -0.1) is 0 Å². The predicted octanol–water partition coefficient (Wildman–Crippen LogP) is 6.27. The number of methoxy groups -OCH3 is 2. The van der Waals surface area contributed by atoms with Crippen LogP contribution >= 0.6 is 11.6 Å². The number of benzene rings is 4. The highest BCUT2D eigenvalue weighted by Gasteiger charge is 2.47. The number of carbonyl (C=O) groups is 2. The number of rotatable bonds is 6. The fraction of sp³-hybridized carbons (Fsp3) is 0.133. The molecule has 1 heterocycles. The summed E-state index contributed by atoms with van der Waals surface area (Å²) in [4.78, 5) is 28.4. The smallest absolute Gasteiger partial charge is 0.295 e. The van der Waals surface area contributed by atoms with E-state index in [1.165, 1.54) is 43.4 Å². The molecule has 0 saturated carbocycles. The number of aliphatic hydroxyl groups excluding tert-OH is 1. The zero-order valence-corrected chi connectivity index (χ0v) is 21.3. The summed E-state index contributed by atoms with van der Waals surface area (Å²) < 4.78 is 24.3. The third kappa shape index (κ3) is 4.35. The summed E-state index contributed by atoms with van der Waals surface area (Å²) in [6, 6.07) is 20.9. The Morgan fingerprint density at radius 3 is 2.34 bits per heavy atom. The Balaban J connectivity index is 1.76. The molecule has 4 aromatic carbocycles. The zero-order valence-electron chi connectivity index (χ0n) is 20.6. The maximum absolute atomic E-state index is 13.6. The average molecular weight is 532 g/mol. The van der Waals surface area contributed by atoms with Crippen molar-refractivity contribution in [2.75, 3.05) is 14.2 Å². The second-order valence-electron chi connectivity index (χ2n) is 8.81. The number of Topliss-reactive ketones (excluding diaryl/α,β-unsaturated/α-hetero) is 1. The van der Waals surface area contributed by atoms with E-state index >= 15 is 0 Å². The molecule has 0 bridgehead atoms. The Bertz CT molecular complexity index is 1590. The van der Waals surface area contributed by atoms with Gasteiger partial charge in [0.1, 0.15) is 23.1 Å². The molecule has 4 aromatic rings. The summed E-state index contributed by atoms with van der Waals surface area (Å²) >= 11 is 6.25. The first-order valence-electron chi connectivity index (χ1n) is 11.8. The molecule has 38 heavy (non-hydrogen) atoms. The molecule has 0 spiro atoms. The third-order valence-corrected chi connectivity index (χ3v) is 6.95. The van der Waals surface area contributed by atoms with Gasteiger partial charge in [-0.05, 0) is 40.1 Å². The van der Waals surface area contributed by atoms with Crippen molar-refractivity contribution in [3.63, 3.8) is 0 Å². The van der Waals surface area contributed by atoms with E-state index in [9.17, 15) is 19.1 Å². The van der Waals surface area contributed by atoms with Crippen LogP contribution in [0.3, 0.4) is 0 Å². The van der Waals surface area contributed by atoms with Crippen LogP contribution in [0.15, 0.2) is 84.4 Å². The largest absolute Gasteiger partial charge is 0.507 e. The van der Waals surface area contributed by atoms with Gasteiger partial charge in [0.25, 0.3) is 11.7 Å². The van der Waals surface area contributed by atoms with Crippen molar-refractivity contribution in [2.45, 2.75) is 12.6 Å². The van der Waals surface area contributed by atoms with E-state index in [1.807, 2.05) is 42.5 Å². The lowest BCUT2D eigenvalue weighted by Crippen LogP contribution is -2.29. The molecule has 192 valence electrons. The van der Waals surface area contributed by atoms with Crippen molar-refractivity contribution >= 4 is 39.8 Å². The molecule has 5 rings (SSSR count). The van der Waals surface area contributed by atoms with Gasteiger partial charge in [0.2, 0.25) is 0 Å². The Morgan fingerprint density at radius 2 is 1.63 bits per heavy atom. The second-order valence-corrected chi connectivity index (χ2v) is 9.22. The molecule has 0 aromatic heterocycles. The van der Waals surface area contributed by atoms with Crippen LogP contribution in [0.1, 0.15) is 22.7 Å². The number of hydrogen-bond donors (Lipinski definition) is 1. The van der Waals surface area contributed by atoms with Crippen LogP contribution in [0, 0.1) is 5.82 Å². The van der Waals surface area contributed by atoms with Crippen molar-refractivity contribution in [1.29, 1.82) is 0 Å². The number of fused-ring (bicyclic) bond motifs is 1. The van der Waals surface area contributed by atoms with Gasteiger partial charge in [-0.3, -0.25) is 9.59 Å². The van der Waals surface area contributed by atoms with E-state index in [0.29, 0.717) is 11.1 Å². The Kier molecular flexibility index (Phi) is 6.78. The molecular weight excluding hydrogens is 509 g/mol. The van der Waals surface area contributed by atoms with Crippen LogP contribution in [-0.2, 0) is 16.1 Å². The number of ether oxygens (including phenoxy) is 2. The van der Waals surface area contributed by atoms with Crippen LogP contribution in [0.5, 0.6) is 11.5 Å². The third-order valence-electron chi connectivity index (χ3n) is 6.65. The summed E-state index contributed by atoms with van der Waals surface area (Å²) in [5.41, 5.74) is 1.34. The lowest BCUT2D eigenvalue weighted by molar-refractivity contribution is -0.140. The number of likely N-dealkylation sites (tertiary alicyclic amines) is 1. The number of nitrogens with zero attached hydrogens (tertiary/aromatic N) is 1. The maximum atomic E-state index is 13.6. The van der Waals surface area contributed by atoms with E-state index in [-0.39, 0.29) is 34.2 Å². The van der Waals surface area contributed by atoms with Gasteiger partial charge < -0.3 is 19.5 Å². The highest BCUT2D eigenvalue weighted by Crippen LogP contribution is 2.45. The number of amides is 1. The number of halogens is 2. The first-order chi connectivity index (χ1) is 18.3. The molecule has 1 N–H and O–H groups in total. The van der Waals surface area contributed by atoms with Crippen molar-refractivity contribution < 1.29 is 28.6 Å². The predicted molar refractivity (Wildman–Crippen MR) is 143 cm³/mol. The minimum Gasteiger partial charge on any atom is -0.507 e. The molecule has 0 radical (unpaired) electrons. The zero-order chi connectivity index (χ0) is 27.0. The van der Waals surface area contributed by atoms with Crippen LogP contribution < -0.4 is 9.47 Å². The van der Waals surface area contributed by atoms with Crippen LogP contribution in [-0.4, -0.2) is 35.9 Å². The number of aliphatic hydroxyl groups is 1. The van der Waals surface area contributed by atoms with Crippen LogP contribution in [0.2, 0.25) is 5.02 Å². The van der Waals surface area contributed by atoms with Crippen molar-refractivity contribution in [3.8, 4) is 11.5 Å². The summed E-state index contributed by atoms with van der Waals surface area (Å²) in [7, 11) is 2.83. The van der Waals surface area contributed by atoms with Crippen molar-refractivity contribution in [2.24, 2.45) is 0 Å². The first kappa shape index (κ1) is 25.3. The van der Waals surface area contributed by atoms with E-state index in [4.69, 9.17) is 21.1 Å². The molecule has 1 aliphatic rings. The SMILES string of the molecule is COc1cc(/C(O)=C2\C(=O)C(=O)N(Cc3ccc(F)cc3)C2c2cccc3ccccc23)c(OC)cc1Cl. The summed E-state index contributed by atoms with van der Waals surface area (Å²) in [5, 5.41) is 13.6. The molecule has 8 heteroatoms. The minimum absolute atomic E-state index is 0.0244. The number of carbonyl (C=O) groups excluding carboxylic acids is 2. The van der Waals surface area contributed by atoms with Gasteiger partial charge in [0.05, 0.1) is 36.4 Å². The molecule has 1 atom stereocenters. The standard InChI is InChI=1S/C30H23ClFNO5/c1-37-24-15-23(31)25(38-2)14-22(24)28(34)26-27(21-9-5-7-18-6-3-4-8-20(18)21)33(30(36)29(26)35)16-17-10-12-19(32)13-11-17/h3-15,27,34H,16H2,1-2H3/b28-26+. The average Bonchev–Trinajstić information content (AvgIpc) is 3.18. The Hall–Kier alpha value is -4.36. The molecule has 1 fully saturated rings. The molecule has 1 unspecified atom stereocenters. The monoisotopic (exact) mass is 531 g/mol. The molecule has 6 nitrogen and oxygen atoms in total. The molecule has 0 aliphatic carbocycles. The minimum atomic E-state index is -0.933. The van der Waals surface area contributed by atoms with Gasteiger partial charge in [-0.1, -0.05) is 66.2 Å². The van der Waals surface area contributed by atoms with Gasteiger partial charge in [0, 0.05) is 12.6 Å². The molecule has 1 aliphatic heterocycles. The van der Waals surface area contributed by atoms with Gasteiger partial charge in [0.15, 0.2) is 0 Å². The quantitative estimate of drug-likeness (QED) is 0.180. The maximum Gasteiger partial charge on any atom is 0.295 e. The van der Waals surface area contributed by atoms with E-state index in [1.54, 1.807) is 12.1 Å². The highest BCUT2D eigenvalue weighted by atomic mass is 35.5. The highest BCUT2D eigenvalue weighted by molar-refractivity contribution is 6.46. The summed E-state index contributed by atoms with van der Waals surface area (Å²) in [5.74, 6) is -2.00. The molecule has 1 amide bonds. The van der Waals surface area contributed by atoms with E-state index in [2.05, 4.69) is 0 Å². The summed E-state index contributed by atoms with van der Waals surface area (Å²) in [6.07, 6.45) is 0. The number of hydrogen-bond acceptors (Lipinski definition) is 5.